The molecule has 20 heavy (non-hydrogen) atoms. The molecule has 1 aromatic heterocycles. The number of thioether (sulfide) groups is 1. The van der Waals surface area contributed by atoms with Gasteiger partial charge in [-0.3, -0.25) is 9.36 Å². The van der Waals surface area contributed by atoms with Crippen molar-refractivity contribution in [2.75, 3.05) is 12.8 Å². The van der Waals surface area contributed by atoms with E-state index in [1.165, 1.54) is 23.9 Å². The Balaban J connectivity index is 2.41. The predicted molar refractivity (Wildman–Crippen MR) is 77.9 cm³/mol. The van der Waals surface area contributed by atoms with Crippen LogP contribution in [-0.4, -0.2) is 28.3 Å². The smallest absolute Gasteiger partial charge is 0.269 e. The van der Waals surface area contributed by atoms with Crippen LogP contribution in [-0.2, 0) is 0 Å². The summed E-state index contributed by atoms with van der Waals surface area (Å²) in [7, 11) is 0. The summed E-state index contributed by atoms with van der Waals surface area (Å²) in [5, 5.41) is 3.52. The van der Waals surface area contributed by atoms with Crippen molar-refractivity contribution in [2.24, 2.45) is 0 Å². The molecule has 0 fully saturated rings. The fourth-order valence-electron chi connectivity index (χ4n) is 1.81. The monoisotopic (exact) mass is 293 g/mol. The summed E-state index contributed by atoms with van der Waals surface area (Å²) >= 11 is 1.43. The molecule has 0 aliphatic rings. The number of carbonyl (C=O) groups is 1. The average Bonchev–Trinajstić information content (AvgIpc) is 2.89. The topological polar surface area (TPSA) is 46.9 Å². The van der Waals surface area contributed by atoms with Crippen LogP contribution in [0.15, 0.2) is 35.6 Å². The molecule has 1 N–H and O–H groups in total. The molecule has 0 saturated heterocycles. The van der Waals surface area contributed by atoms with Gasteiger partial charge in [-0.05, 0) is 36.9 Å². The van der Waals surface area contributed by atoms with Crippen LogP contribution in [0.25, 0.3) is 5.69 Å². The lowest BCUT2D eigenvalue weighted by Gasteiger charge is -2.11. The Hall–Kier alpha value is -1.82. The van der Waals surface area contributed by atoms with Gasteiger partial charge < -0.3 is 5.32 Å². The second-order valence-electron chi connectivity index (χ2n) is 4.20. The summed E-state index contributed by atoms with van der Waals surface area (Å²) in [5.41, 5.74) is 1.17. The highest BCUT2D eigenvalue weighted by atomic mass is 32.2. The van der Waals surface area contributed by atoms with Gasteiger partial charge in [0.2, 0.25) is 0 Å². The van der Waals surface area contributed by atoms with Gasteiger partial charge in [0.15, 0.2) is 5.16 Å². The molecule has 0 unspecified atom stereocenters. The number of hydrogen-bond acceptors (Lipinski definition) is 3. The Morgan fingerprint density at radius 1 is 1.40 bits per heavy atom. The van der Waals surface area contributed by atoms with E-state index in [1.54, 1.807) is 22.9 Å². The minimum absolute atomic E-state index is 0.177. The number of nitrogens with zero attached hydrogens (tertiary/aromatic N) is 2. The van der Waals surface area contributed by atoms with Gasteiger partial charge in [-0.2, -0.15) is 0 Å². The maximum atomic E-state index is 13.0. The molecule has 0 bridgehead atoms. The van der Waals surface area contributed by atoms with Crippen LogP contribution in [0.3, 0.4) is 0 Å². The molecular weight excluding hydrogens is 277 g/mol. The molecule has 2 rings (SSSR count). The summed E-state index contributed by atoms with van der Waals surface area (Å²) in [4.78, 5) is 16.4. The molecule has 0 radical (unpaired) electrons. The Morgan fingerprint density at radius 2 is 2.10 bits per heavy atom. The van der Waals surface area contributed by atoms with Gasteiger partial charge in [-0.1, -0.05) is 18.7 Å². The average molecular weight is 293 g/mol. The normalized spacial score (nSPS) is 10.6. The van der Waals surface area contributed by atoms with Gasteiger partial charge in [0.05, 0.1) is 6.20 Å². The van der Waals surface area contributed by atoms with E-state index in [4.69, 9.17) is 0 Å². The third kappa shape index (κ3) is 3.01. The summed E-state index contributed by atoms with van der Waals surface area (Å²) < 4.78 is 14.8. The zero-order valence-electron chi connectivity index (χ0n) is 11.4. The van der Waals surface area contributed by atoms with E-state index >= 15 is 0 Å². The SMILES string of the molecule is CCCNC(=O)c1cnc(SC)n1-c1ccc(F)cc1. The molecule has 0 aliphatic heterocycles. The van der Waals surface area contributed by atoms with Crippen molar-refractivity contribution in [3.63, 3.8) is 0 Å². The highest BCUT2D eigenvalue weighted by Crippen LogP contribution is 2.21. The maximum Gasteiger partial charge on any atom is 0.269 e. The number of benzene rings is 1. The van der Waals surface area contributed by atoms with Crippen LogP contribution in [0.5, 0.6) is 0 Å². The van der Waals surface area contributed by atoms with Gasteiger partial charge >= 0.3 is 0 Å². The quantitative estimate of drug-likeness (QED) is 0.862. The Bertz CT molecular complexity index is 595. The van der Waals surface area contributed by atoms with Gasteiger partial charge in [0.1, 0.15) is 11.5 Å². The largest absolute Gasteiger partial charge is 0.351 e. The van der Waals surface area contributed by atoms with Crippen molar-refractivity contribution >= 4 is 17.7 Å². The first kappa shape index (κ1) is 14.6. The van der Waals surface area contributed by atoms with Crippen molar-refractivity contribution < 1.29 is 9.18 Å². The minimum Gasteiger partial charge on any atom is -0.351 e. The highest BCUT2D eigenvalue weighted by Gasteiger charge is 2.17. The number of imidazole rings is 1. The number of halogens is 1. The first-order valence-electron chi connectivity index (χ1n) is 6.33. The number of rotatable bonds is 5. The molecule has 1 amide bonds. The van der Waals surface area contributed by atoms with Crippen LogP contribution in [0.1, 0.15) is 23.8 Å². The number of carbonyl (C=O) groups excluding carboxylic acids is 1. The van der Waals surface area contributed by atoms with E-state index in [0.29, 0.717) is 17.4 Å². The molecule has 0 atom stereocenters. The fourth-order valence-corrected chi connectivity index (χ4v) is 2.35. The predicted octanol–water partition coefficient (Wildman–Crippen LogP) is 2.87. The molecule has 0 spiro atoms. The Kier molecular flexibility index (Phi) is 4.79. The second-order valence-corrected chi connectivity index (χ2v) is 4.97. The van der Waals surface area contributed by atoms with E-state index < -0.39 is 0 Å². The van der Waals surface area contributed by atoms with E-state index in [9.17, 15) is 9.18 Å². The van der Waals surface area contributed by atoms with Gasteiger partial charge in [-0.25, -0.2) is 9.37 Å². The van der Waals surface area contributed by atoms with Crippen molar-refractivity contribution in [1.82, 2.24) is 14.9 Å². The molecule has 0 saturated carbocycles. The summed E-state index contributed by atoms with van der Waals surface area (Å²) in [6, 6.07) is 6.00. The van der Waals surface area contributed by atoms with Crippen molar-refractivity contribution in [1.29, 1.82) is 0 Å². The van der Waals surface area contributed by atoms with E-state index in [2.05, 4.69) is 10.3 Å². The maximum absolute atomic E-state index is 13.0. The van der Waals surface area contributed by atoms with Crippen LogP contribution < -0.4 is 5.32 Å². The fraction of sp³-hybridized carbons (Fsp3) is 0.286. The minimum atomic E-state index is -0.309. The summed E-state index contributed by atoms with van der Waals surface area (Å²) in [5.74, 6) is -0.486. The van der Waals surface area contributed by atoms with Crippen LogP contribution in [0.2, 0.25) is 0 Å². The lowest BCUT2D eigenvalue weighted by Crippen LogP contribution is -2.26. The molecular formula is C14H16FN3OS. The molecule has 106 valence electrons. The van der Waals surface area contributed by atoms with E-state index in [1.807, 2.05) is 13.2 Å². The summed E-state index contributed by atoms with van der Waals surface area (Å²) in [6.07, 6.45) is 4.29. The van der Waals surface area contributed by atoms with Crippen LogP contribution >= 0.6 is 11.8 Å². The van der Waals surface area contributed by atoms with Crippen molar-refractivity contribution in [2.45, 2.75) is 18.5 Å². The van der Waals surface area contributed by atoms with Gasteiger partial charge in [0, 0.05) is 12.2 Å². The zero-order chi connectivity index (χ0) is 14.5. The second kappa shape index (κ2) is 6.56. The van der Waals surface area contributed by atoms with Crippen molar-refractivity contribution in [3.05, 3.63) is 42.0 Å². The lowest BCUT2D eigenvalue weighted by atomic mass is 10.3. The number of hydrogen-bond donors (Lipinski definition) is 1. The third-order valence-corrected chi connectivity index (χ3v) is 3.42. The van der Waals surface area contributed by atoms with Crippen LogP contribution in [0, 0.1) is 5.82 Å². The molecule has 1 aromatic carbocycles. The first-order valence-corrected chi connectivity index (χ1v) is 7.55. The highest BCUT2D eigenvalue weighted by molar-refractivity contribution is 7.98. The molecule has 6 heteroatoms. The zero-order valence-corrected chi connectivity index (χ0v) is 12.2. The summed E-state index contributed by atoms with van der Waals surface area (Å²) in [6.45, 7) is 2.60. The van der Waals surface area contributed by atoms with Gasteiger partial charge in [-0.15, -0.1) is 0 Å². The molecule has 4 nitrogen and oxygen atoms in total. The first-order chi connectivity index (χ1) is 9.67. The van der Waals surface area contributed by atoms with Crippen molar-refractivity contribution in [3.8, 4) is 5.69 Å². The van der Waals surface area contributed by atoms with Gasteiger partial charge in [0.25, 0.3) is 5.91 Å². The lowest BCUT2D eigenvalue weighted by molar-refractivity contribution is 0.0946. The molecule has 0 aliphatic carbocycles. The Labute approximate surface area is 121 Å². The van der Waals surface area contributed by atoms with E-state index in [0.717, 1.165) is 12.1 Å². The Morgan fingerprint density at radius 3 is 2.70 bits per heavy atom. The van der Waals surface area contributed by atoms with Crippen LogP contribution in [0.4, 0.5) is 4.39 Å². The molecule has 2 aromatic rings. The number of nitrogens with one attached hydrogen (secondary N) is 1. The number of aromatic nitrogens is 2. The number of amides is 1. The standard InChI is InChI=1S/C14H16FN3OS/c1-3-8-16-13(19)12-9-17-14(20-2)18(12)11-6-4-10(15)5-7-11/h4-7,9H,3,8H2,1-2H3,(H,16,19). The third-order valence-electron chi connectivity index (χ3n) is 2.77. The molecule has 1 heterocycles. The van der Waals surface area contributed by atoms with E-state index in [-0.39, 0.29) is 11.7 Å².